The van der Waals surface area contributed by atoms with Gasteiger partial charge in [-0.1, -0.05) is 53.7 Å². The fourth-order valence-corrected chi connectivity index (χ4v) is 3.65. The fraction of sp³-hybridized carbons (Fsp3) is 0.444. The first kappa shape index (κ1) is 20.6. The summed E-state index contributed by atoms with van der Waals surface area (Å²) in [6.45, 7) is 6.79. The van der Waals surface area contributed by atoms with E-state index in [4.69, 9.17) is 5.73 Å². The average Bonchev–Trinajstić information content (AvgIpc) is 2.94. The predicted molar refractivity (Wildman–Crippen MR) is 106 cm³/mol. The van der Waals surface area contributed by atoms with Crippen LogP contribution in [0.1, 0.15) is 43.4 Å². The van der Waals surface area contributed by atoms with Crippen molar-refractivity contribution in [1.29, 1.82) is 0 Å². The number of hydrogen-bond donors (Lipinski definition) is 1. The van der Waals surface area contributed by atoms with E-state index in [0.29, 0.717) is 23.1 Å². The number of carbonyl (C=O) groups is 2. The Morgan fingerprint density at radius 2 is 1.85 bits per heavy atom. The minimum Gasteiger partial charge on any atom is -0.370 e. The number of halogens is 1. The second-order valence-corrected chi connectivity index (χ2v) is 8.72. The minimum absolute atomic E-state index is 0.0419. The second kappa shape index (κ2) is 9.32. The molecule has 0 saturated heterocycles. The Balaban J connectivity index is 2.17. The lowest BCUT2D eigenvalue weighted by molar-refractivity contribution is -0.118. The highest BCUT2D eigenvalue weighted by molar-refractivity contribution is 9.10. The zero-order valence-corrected chi connectivity index (χ0v) is 17.5. The molecule has 1 atom stereocenters. The van der Waals surface area contributed by atoms with Crippen LogP contribution in [-0.4, -0.2) is 31.7 Å². The zero-order valence-electron chi connectivity index (χ0n) is 15.1. The number of rotatable bonds is 9. The van der Waals surface area contributed by atoms with E-state index in [1.807, 2.05) is 23.6 Å². The molecule has 2 rings (SSSR count). The Labute approximate surface area is 166 Å². The third-order valence-electron chi connectivity index (χ3n) is 3.72. The maximum Gasteiger partial charge on any atom is 0.217 e. The summed E-state index contributed by atoms with van der Waals surface area (Å²) in [5, 5.41) is 8.84. The van der Waals surface area contributed by atoms with Gasteiger partial charge in [0.1, 0.15) is 5.82 Å². The molecule has 140 valence electrons. The van der Waals surface area contributed by atoms with Gasteiger partial charge in [-0.15, -0.1) is 10.2 Å². The van der Waals surface area contributed by atoms with Crippen molar-refractivity contribution >= 4 is 39.4 Å². The highest BCUT2D eigenvalue weighted by Crippen LogP contribution is 2.26. The average molecular weight is 439 g/mol. The molecule has 26 heavy (non-hydrogen) atoms. The summed E-state index contributed by atoms with van der Waals surface area (Å²) >= 11 is 4.76. The van der Waals surface area contributed by atoms with Gasteiger partial charge in [0.2, 0.25) is 5.91 Å². The number of ketones is 1. The Kier molecular flexibility index (Phi) is 7.40. The van der Waals surface area contributed by atoms with Crippen LogP contribution < -0.4 is 5.73 Å². The number of amides is 1. The summed E-state index contributed by atoms with van der Waals surface area (Å²) in [4.78, 5) is 23.7. The van der Waals surface area contributed by atoms with Gasteiger partial charge in [0.05, 0.1) is 5.25 Å². The second-order valence-electron chi connectivity index (χ2n) is 6.50. The molecule has 0 radical (unpaired) electrons. The van der Waals surface area contributed by atoms with Crippen LogP contribution in [0.3, 0.4) is 0 Å². The van der Waals surface area contributed by atoms with Crippen molar-refractivity contribution in [2.45, 2.75) is 50.6 Å². The fourth-order valence-electron chi connectivity index (χ4n) is 2.44. The molecule has 1 aromatic carbocycles. The van der Waals surface area contributed by atoms with Crippen LogP contribution in [0.5, 0.6) is 0 Å². The van der Waals surface area contributed by atoms with Crippen LogP contribution in [0.15, 0.2) is 33.9 Å². The molecule has 0 aliphatic rings. The molecule has 2 aromatic rings. The molecular weight excluding hydrogens is 416 g/mol. The van der Waals surface area contributed by atoms with Crippen molar-refractivity contribution in [3.8, 4) is 0 Å². The number of nitrogens with two attached hydrogens (primary N) is 1. The van der Waals surface area contributed by atoms with Crippen molar-refractivity contribution in [2.24, 2.45) is 11.7 Å². The highest BCUT2D eigenvalue weighted by Gasteiger charge is 2.21. The standard InChI is InChI=1S/C18H23BrN4O2S/c1-11(2)10-23-16(9-8-15(20)24)21-22-18(23)26-12(3)17(25)13-4-6-14(19)7-5-13/h4-7,11-12H,8-10H2,1-3H3,(H2,20,24). The number of thioether (sulfide) groups is 1. The number of hydrogen-bond acceptors (Lipinski definition) is 5. The van der Waals surface area contributed by atoms with Crippen LogP contribution in [0.4, 0.5) is 0 Å². The van der Waals surface area contributed by atoms with E-state index < -0.39 is 0 Å². The summed E-state index contributed by atoms with van der Waals surface area (Å²) in [6, 6.07) is 7.32. The van der Waals surface area contributed by atoms with Gasteiger partial charge in [-0.05, 0) is 25.0 Å². The summed E-state index contributed by atoms with van der Waals surface area (Å²) in [7, 11) is 0. The molecule has 0 aliphatic heterocycles. The van der Waals surface area contributed by atoms with Crippen molar-refractivity contribution in [3.63, 3.8) is 0 Å². The van der Waals surface area contributed by atoms with Crippen LogP contribution in [0, 0.1) is 5.92 Å². The molecule has 6 nitrogen and oxygen atoms in total. The Hall–Kier alpha value is -1.67. The summed E-state index contributed by atoms with van der Waals surface area (Å²) in [6.07, 6.45) is 0.679. The molecule has 1 aromatic heterocycles. The van der Waals surface area contributed by atoms with Crippen LogP contribution in [-0.2, 0) is 17.8 Å². The number of primary amides is 1. The van der Waals surface area contributed by atoms with E-state index in [0.717, 1.165) is 16.8 Å². The maximum atomic E-state index is 12.7. The normalized spacial score (nSPS) is 12.3. The van der Waals surface area contributed by atoms with Gasteiger partial charge < -0.3 is 10.3 Å². The highest BCUT2D eigenvalue weighted by atomic mass is 79.9. The molecular formula is C18H23BrN4O2S. The van der Waals surface area contributed by atoms with Gasteiger partial charge >= 0.3 is 0 Å². The Bertz CT molecular complexity index is 774. The van der Waals surface area contributed by atoms with Crippen molar-refractivity contribution in [1.82, 2.24) is 14.8 Å². The predicted octanol–water partition coefficient (Wildman–Crippen LogP) is 3.48. The summed E-state index contributed by atoms with van der Waals surface area (Å²) in [5.74, 6) is 0.788. The van der Waals surface area contributed by atoms with Gasteiger partial charge in [-0.25, -0.2) is 0 Å². The van der Waals surface area contributed by atoms with E-state index in [1.54, 1.807) is 12.1 Å². The molecule has 2 N–H and O–H groups in total. The number of aromatic nitrogens is 3. The van der Waals surface area contributed by atoms with Gasteiger partial charge in [-0.3, -0.25) is 9.59 Å². The third-order valence-corrected chi connectivity index (χ3v) is 5.33. The number of aryl methyl sites for hydroxylation is 1. The molecule has 8 heteroatoms. The molecule has 1 amide bonds. The van der Waals surface area contributed by atoms with Gasteiger partial charge in [0.25, 0.3) is 0 Å². The van der Waals surface area contributed by atoms with Crippen molar-refractivity contribution in [3.05, 3.63) is 40.1 Å². The summed E-state index contributed by atoms with van der Waals surface area (Å²) < 4.78 is 2.93. The molecule has 0 fully saturated rings. The zero-order chi connectivity index (χ0) is 19.3. The maximum absolute atomic E-state index is 12.7. The minimum atomic E-state index is -0.364. The SMILES string of the molecule is CC(C)Cn1c(CCC(N)=O)nnc1SC(C)C(=O)c1ccc(Br)cc1. The monoisotopic (exact) mass is 438 g/mol. The molecule has 1 unspecified atom stereocenters. The quantitative estimate of drug-likeness (QED) is 0.477. The molecule has 1 heterocycles. The van der Waals surface area contributed by atoms with Crippen molar-refractivity contribution < 1.29 is 9.59 Å². The van der Waals surface area contributed by atoms with E-state index in [2.05, 4.69) is 40.0 Å². The number of benzene rings is 1. The van der Waals surface area contributed by atoms with Gasteiger partial charge in [0.15, 0.2) is 10.9 Å². The lowest BCUT2D eigenvalue weighted by Gasteiger charge is -2.14. The Morgan fingerprint density at radius 3 is 2.42 bits per heavy atom. The lowest BCUT2D eigenvalue weighted by atomic mass is 10.1. The first-order valence-electron chi connectivity index (χ1n) is 8.44. The first-order valence-corrected chi connectivity index (χ1v) is 10.1. The largest absolute Gasteiger partial charge is 0.370 e. The third kappa shape index (κ3) is 5.67. The van der Waals surface area contributed by atoms with E-state index in [-0.39, 0.29) is 23.4 Å². The molecule has 0 bridgehead atoms. The topological polar surface area (TPSA) is 90.9 Å². The smallest absolute Gasteiger partial charge is 0.217 e. The molecule has 0 saturated carbocycles. The Morgan fingerprint density at radius 1 is 1.19 bits per heavy atom. The van der Waals surface area contributed by atoms with Crippen LogP contribution >= 0.6 is 27.7 Å². The van der Waals surface area contributed by atoms with Crippen LogP contribution in [0.2, 0.25) is 0 Å². The number of Topliss-reactive ketones (excluding diaryl/α,β-unsaturated/α-hetero) is 1. The number of nitrogens with zero attached hydrogens (tertiary/aromatic N) is 3. The summed E-state index contributed by atoms with van der Waals surface area (Å²) in [5.41, 5.74) is 5.91. The number of carbonyl (C=O) groups excluding carboxylic acids is 2. The van der Waals surface area contributed by atoms with E-state index >= 15 is 0 Å². The molecule has 0 spiro atoms. The molecule has 0 aliphatic carbocycles. The van der Waals surface area contributed by atoms with E-state index in [1.165, 1.54) is 11.8 Å². The van der Waals surface area contributed by atoms with Gasteiger partial charge in [0, 0.05) is 29.4 Å². The lowest BCUT2D eigenvalue weighted by Crippen LogP contribution is -2.17. The first-order chi connectivity index (χ1) is 12.3. The van der Waals surface area contributed by atoms with Crippen molar-refractivity contribution in [2.75, 3.05) is 0 Å². The van der Waals surface area contributed by atoms with Gasteiger partial charge in [-0.2, -0.15) is 0 Å². The van der Waals surface area contributed by atoms with Crippen LogP contribution in [0.25, 0.3) is 0 Å². The van der Waals surface area contributed by atoms with E-state index in [9.17, 15) is 9.59 Å².